The fourth-order valence-corrected chi connectivity index (χ4v) is 0.671. The maximum Gasteiger partial charge on any atom is 0.312 e. The number of rotatable bonds is 0. The number of aliphatic hydroxyl groups excluding tert-OH is 1. The van der Waals surface area contributed by atoms with Gasteiger partial charge in [-0.15, -0.1) is 0 Å². The van der Waals surface area contributed by atoms with Crippen molar-refractivity contribution < 1.29 is 15.2 Å². The van der Waals surface area contributed by atoms with E-state index >= 15 is 0 Å². The molecule has 40 valence electrons. The van der Waals surface area contributed by atoms with Gasteiger partial charge in [-0.1, -0.05) is 0 Å². The summed E-state index contributed by atoms with van der Waals surface area (Å²) in [5.41, 5.74) is 0. The number of hydrogen-bond donors (Lipinski definition) is 2. The molecule has 0 spiro atoms. The van der Waals surface area contributed by atoms with Crippen molar-refractivity contribution in [3.63, 3.8) is 0 Å². The summed E-state index contributed by atoms with van der Waals surface area (Å²) in [6.45, 7) is 0. The average molecular weight is 102 g/mol. The molecule has 1 fully saturated rings. The van der Waals surface area contributed by atoms with Crippen molar-refractivity contribution in [3.8, 4) is 0 Å². The van der Waals surface area contributed by atoms with Crippen molar-refractivity contribution in [2.45, 2.75) is 19.1 Å². The van der Waals surface area contributed by atoms with Gasteiger partial charge in [0, 0.05) is 6.42 Å². The SMILES string of the molecule is O=C1CCC(O)[NH2+]1. The highest BCUT2D eigenvalue weighted by atomic mass is 16.3. The number of carbonyl (C=O) groups excluding carboxylic acids is 1. The highest BCUT2D eigenvalue weighted by Crippen LogP contribution is 1.92. The van der Waals surface area contributed by atoms with Gasteiger partial charge in [-0.25, -0.2) is 4.79 Å². The van der Waals surface area contributed by atoms with Gasteiger partial charge in [-0.05, 0) is 0 Å². The minimum atomic E-state index is -0.451. The van der Waals surface area contributed by atoms with E-state index in [9.17, 15) is 4.79 Å². The van der Waals surface area contributed by atoms with Crippen LogP contribution >= 0.6 is 0 Å². The van der Waals surface area contributed by atoms with Gasteiger partial charge in [0.15, 0.2) is 6.23 Å². The Morgan fingerprint density at radius 2 is 2.57 bits per heavy atom. The summed E-state index contributed by atoms with van der Waals surface area (Å²) in [5.74, 6) is 0.0764. The van der Waals surface area contributed by atoms with E-state index in [0.29, 0.717) is 12.8 Å². The van der Waals surface area contributed by atoms with Crippen LogP contribution in [0.15, 0.2) is 0 Å². The maximum atomic E-state index is 10.2. The Balaban J connectivity index is 2.40. The van der Waals surface area contributed by atoms with Crippen molar-refractivity contribution >= 4 is 5.91 Å². The second-order valence-corrected chi connectivity index (χ2v) is 1.74. The third kappa shape index (κ3) is 0.976. The molecule has 3 heteroatoms. The van der Waals surface area contributed by atoms with Crippen molar-refractivity contribution in [2.24, 2.45) is 0 Å². The van der Waals surface area contributed by atoms with Gasteiger partial charge >= 0.3 is 5.91 Å². The molecular weight excluding hydrogens is 94.0 g/mol. The molecule has 1 aliphatic rings. The van der Waals surface area contributed by atoms with Gasteiger partial charge in [0.25, 0.3) is 0 Å². The fraction of sp³-hybridized carbons (Fsp3) is 0.750. The van der Waals surface area contributed by atoms with Gasteiger partial charge in [0.05, 0.1) is 6.42 Å². The topological polar surface area (TPSA) is 53.9 Å². The van der Waals surface area contributed by atoms with Gasteiger partial charge in [-0.2, -0.15) is 0 Å². The van der Waals surface area contributed by atoms with Crippen molar-refractivity contribution in [3.05, 3.63) is 0 Å². The number of nitrogens with two attached hydrogens (primary N) is 1. The first kappa shape index (κ1) is 4.74. The molecule has 1 unspecified atom stereocenters. The van der Waals surface area contributed by atoms with E-state index in [1.807, 2.05) is 0 Å². The smallest absolute Gasteiger partial charge is 0.312 e. The predicted octanol–water partition coefficient (Wildman–Crippen LogP) is -1.81. The zero-order chi connectivity index (χ0) is 5.28. The van der Waals surface area contributed by atoms with Crippen LogP contribution in [0.4, 0.5) is 0 Å². The Morgan fingerprint density at radius 1 is 1.86 bits per heavy atom. The highest BCUT2D eigenvalue weighted by molar-refractivity contribution is 5.66. The zero-order valence-electron chi connectivity index (χ0n) is 3.92. The first-order valence-electron chi connectivity index (χ1n) is 2.35. The molecule has 0 radical (unpaired) electrons. The summed E-state index contributed by atoms with van der Waals surface area (Å²) in [6, 6.07) is 0. The normalized spacial score (nSPS) is 31.6. The number of aliphatic hydroxyl groups is 1. The minimum absolute atomic E-state index is 0.0764. The summed E-state index contributed by atoms with van der Waals surface area (Å²) in [6.07, 6.45) is 0.701. The Bertz CT molecular complexity index is 91.7. The molecule has 1 aliphatic heterocycles. The van der Waals surface area contributed by atoms with E-state index in [2.05, 4.69) is 0 Å². The second kappa shape index (κ2) is 1.60. The number of quaternary nitrogens is 1. The van der Waals surface area contributed by atoms with Gasteiger partial charge in [0.2, 0.25) is 0 Å². The fourth-order valence-electron chi connectivity index (χ4n) is 0.671. The molecule has 0 aromatic rings. The lowest BCUT2D eigenvalue weighted by atomic mass is 10.4. The molecular formula is C4H8NO2+. The van der Waals surface area contributed by atoms with Crippen LogP contribution in [0, 0.1) is 0 Å². The molecule has 1 saturated heterocycles. The van der Waals surface area contributed by atoms with Crippen LogP contribution in [-0.4, -0.2) is 17.2 Å². The average Bonchev–Trinajstić information content (AvgIpc) is 1.87. The summed E-state index contributed by atoms with van der Waals surface area (Å²) < 4.78 is 0. The van der Waals surface area contributed by atoms with Crippen LogP contribution in [0.5, 0.6) is 0 Å². The molecule has 0 saturated carbocycles. The Hall–Kier alpha value is -0.410. The summed E-state index contributed by atoms with van der Waals surface area (Å²) >= 11 is 0. The lowest BCUT2D eigenvalue weighted by molar-refractivity contribution is -0.631. The molecule has 0 aliphatic carbocycles. The number of amides is 1. The third-order valence-electron chi connectivity index (χ3n) is 1.06. The maximum absolute atomic E-state index is 10.2. The number of primary amides is 1. The van der Waals surface area contributed by atoms with Crippen LogP contribution in [0.25, 0.3) is 0 Å². The van der Waals surface area contributed by atoms with Gasteiger partial charge in [0.1, 0.15) is 0 Å². The van der Waals surface area contributed by atoms with E-state index in [0.717, 1.165) is 0 Å². The van der Waals surface area contributed by atoms with Crippen LogP contribution in [0.3, 0.4) is 0 Å². The largest absolute Gasteiger partial charge is 0.344 e. The van der Waals surface area contributed by atoms with Gasteiger partial charge < -0.3 is 5.11 Å². The van der Waals surface area contributed by atoms with E-state index in [1.54, 1.807) is 0 Å². The quantitative estimate of drug-likeness (QED) is 0.378. The molecule has 0 aromatic carbocycles. The standard InChI is InChI=1S/C4H7NO2/c6-3-1-2-4(7)5-3/h3,6H,1-2H2,(H,5,7)/p+1. The summed E-state index contributed by atoms with van der Waals surface area (Å²) in [5, 5.41) is 9.98. The Morgan fingerprint density at radius 3 is 2.71 bits per heavy atom. The van der Waals surface area contributed by atoms with E-state index in [-0.39, 0.29) is 5.91 Å². The van der Waals surface area contributed by atoms with Crippen LogP contribution in [0.1, 0.15) is 12.8 Å². The predicted molar refractivity (Wildman–Crippen MR) is 22.2 cm³/mol. The van der Waals surface area contributed by atoms with Crippen molar-refractivity contribution in [1.29, 1.82) is 0 Å². The van der Waals surface area contributed by atoms with Crippen LogP contribution in [-0.2, 0) is 4.79 Å². The molecule has 0 bridgehead atoms. The van der Waals surface area contributed by atoms with Crippen molar-refractivity contribution in [1.82, 2.24) is 0 Å². The third-order valence-corrected chi connectivity index (χ3v) is 1.06. The Labute approximate surface area is 41.3 Å². The Kier molecular flexibility index (Phi) is 1.08. The minimum Gasteiger partial charge on any atom is -0.344 e. The first-order valence-corrected chi connectivity index (χ1v) is 2.35. The zero-order valence-corrected chi connectivity index (χ0v) is 3.92. The first-order chi connectivity index (χ1) is 3.29. The molecule has 3 N–H and O–H groups in total. The molecule has 1 amide bonds. The lowest BCUT2D eigenvalue weighted by Gasteiger charge is -1.88. The second-order valence-electron chi connectivity index (χ2n) is 1.74. The van der Waals surface area contributed by atoms with Crippen LogP contribution < -0.4 is 5.32 Å². The molecule has 1 atom stereocenters. The molecule has 1 rings (SSSR count). The summed E-state index contributed by atoms with van der Waals surface area (Å²) in [7, 11) is 0. The van der Waals surface area contributed by atoms with E-state index in [1.165, 1.54) is 5.32 Å². The number of hydrogen-bond acceptors (Lipinski definition) is 2. The van der Waals surface area contributed by atoms with Crippen LogP contribution in [0.2, 0.25) is 0 Å². The lowest BCUT2D eigenvalue weighted by Crippen LogP contribution is -2.89. The summed E-state index contributed by atoms with van der Waals surface area (Å²) in [4.78, 5) is 10.2. The molecule has 0 aromatic heterocycles. The number of carbonyl (C=O) groups is 1. The monoisotopic (exact) mass is 102 g/mol. The van der Waals surface area contributed by atoms with Gasteiger partial charge in [-0.3, -0.25) is 5.32 Å². The van der Waals surface area contributed by atoms with E-state index in [4.69, 9.17) is 5.11 Å². The molecule has 3 nitrogen and oxygen atoms in total. The van der Waals surface area contributed by atoms with E-state index < -0.39 is 6.23 Å². The highest BCUT2D eigenvalue weighted by Gasteiger charge is 2.22. The molecule has 1 heterocycles. The molecule has 7 heavy (non-hydrogen) atoms. The van der Waals surface area contributed by atoms with Crippen molar-refractivity contribution in [2.75, 3.05) is 0 Å².